The molecule has 0 aliphatic carbocycles. The summed E-state index contributed by atoms with van der Waals surface area (Å²) >= 11 is 0. The van der Waals surface area contributed by atoms with Crippen LogP contribution in [-0.4, -0.2) is 28.5 Å². The van der Waals surface area contributed by atoms with Crippen molar-refractivity contribution in [1.29, 1.82) is 0 Å². The van der Waals surface area contributed by atoms with E-state index in [0.29, 0.717) is 42.8 Å². The number of pyridine rings is 1. The quantitative estimate of drug-likeness (QED) is 0.282. The first-order valence-corrected chi connectivity index (χ1v) is 13.9. The van der Waals surface area contributed by atoms with Crippen molar-refractivity contribution in [3.05, 3.63) is 104 Å². The Kier molecular flexibility index (Phi) is 5.77. The largest absolute Gasteiger partial charge is 0.463 e. The molecule has 3 aromatic heterocycles. The molecule has 7 nitrogen and oxygen atoms in total. The van der Waals surface area contributed by atoms with Gasteiger partial charge in [-0.15, -0.1) is 0 Å². The molecular formula is C33H30N2O5. The minimum atomic E-state index is -0.404. The van der Waals surface area contributed by atoms with E-state index < -0.39 is 5.63 Å². The van der Waals surface area contributed by atoms with Crippen molar-refractivity contribution in [2.24, 2.45) is 5.92 Å². The van der Waals surface area contributed by atoms with Gasteiger partial charge in [-0.2, -0.15) is 0 Å². The second kappa shape index (κ2) is 9.37. The third-order valence-electron chi connectivity index (χ3n) is 8.85. The molecule has 0 N–H and O–H groups in total. The number of aryl methyl sites for hydroxylation is 2. The number of amides is 1. The molecule has 5 aromatic rings. The van der Waals surface area contributed by atoms with Crippen LogP contribution in [0.5, 0.6) is 0 Å². The average molecular weight is 535 g/mol. The maximum absolute atomic E-state index is 13.4. The Hall–Kier alpha value is -4.39. The van der Waals surface area contributed by atoms with Gasteiger partial charge in [0.2, 0.25) is 5.91 Å². The molecule has 202 valence electrons. The van der Waals surface area contributed by atoms with Gasteiger partial charge in [-0.05, 0) is 55.9 Å². The van der Waals surface area contributed by atoms with Crippen molar-refractivity contribution < 1.29 is 13.6 Å². The molecule has 1 saturated heterocycles. The first-order valence-electron chi connectivity index (χ1n) is 13.9. The third-order valence-corrected chi connectivity index (χ3v) is 8.85. The van der Waals surface area contributed by atoms with Gasteiger partial charge in [-0.1, -0.05) is 36.4 Å². The number of hydrogen-bond acceptors (Lipinski definition) is 5. The zero-order chi connectivity index (χ0) is 27.5. The van der Waals surface area contributed by atoms with Crippen molar-refractivity contribution in [2.45, 2.75) is 45.6 Å². The maximum atomic E-state index is 13.4. The van der Waals surface area contributed by atoms with Crippen molar-refractivity contribution >= 4 is 27.8 Å². The molecule has 2 aliphatic heterocycles. The second-order valence-electron chi connectivity index (χ2n) is 11.3. The third kappa shape index (κ3) is 3.91. The van der Waals surface area contributed by atoms with Crippen LogP contribution >= 0.6 is 0 Å². The van der Waals surface area contributed by atoms with E-state index in [9.17, 15) is 14.4 Å². The monoisotopic (exact) mass is 534 g/mol. The highest BCUT2D eigenvalue weighted by molar-refractivity contribution is 6.04. The van der Waals surface area contributed by atoms with E-state index in [2.05, 4.69) is 0 Å². The number of furan rings is 1. The predicted octanol–water partition coefficient (Wildman–Crippen LogP) is 5.56. The summed E-state index contributed by atoms with van der Waals surface area (Å²) in [6.45, 7) is 5.74. The van der Waals surface area contributed by atoms with E-state index in [1.165, 1.54) is 0 Å². The summed E-state index contributed by atoms with van der Waals surface area (Å²) in [5, 5.41) is 1.83. The van der Waals surface area contributed by atoms with Gasteiger partial charge in [0.15, 0.2) is 0 Å². The number of hydrogen-bond donors (Lipinski definition) is 0. The van der Waals surface area contributed by atoms with Gasteiger partial charge in [0.1, 0.15) is 11.2 Å². The van der Waals surface area contributed by atoms with Crippen LogP contribution in [0.2, 0.25) is 0 Å². The average Bonchev–Trinajstić information content (AvgIpc) is 3.39. The number of benzene rings is 2. The smallest absolute Gasteiger partial charge is 0.339 e. The molecule has 0 radical (unpaired) electrons. The lowest BCUT2D eigenvalue weighted by molar-refractivity contribution is -0.133. The highest BCUT2D eigenvalue weighted by atomic mass is 16.4. The van der Waals surface area contributed by atoms with Gasteiger partial charge in [0.25, 0.3) is 5.56 Å². The molecule has 40 heavy (non-hydrogen) atoms. The molecule has 0 spiro atoms. The number of fused-ring (bicyclic) bond motifs is 6. The van der Waals surface area contributed by atoms with E-state index in [1.807, 2.05) is 65.8 Å². The van der Waals surface area contributed by atoms with Crippen LogP contribution < -0.4 is 11.2 Å². The Morgan fingerprint density at radius 2 is 1.75 bits per heavy atom. The van der Waals surface area contributed by atoms with E-state index in [-0.39, 0.29) is 29.7 Å². The Balaban J connectivity index is 1.18. The van der Waals surface area contributed by atoms with Gasteiger partial charge >= 0.3 is 5.63 Å². The SMILES string of the molecule is Cc1c(CCC(=O)N2C[C@@H]3C[C@H](C2)c2cccc(=O)n2C3)c(=O)oc2c(C)c3occ(-c4ccccc4)c3cc12. The fourth-order valence-corrected chi connectivity index (χ4v) is 6.82. The predicted molar refractivity (Wildman–Crippen MR) is 154 cm³/mol. The van der Waals surface area contributed by atoms with Gasteiger partial charge in [-0.3, -0.25) is 9.59 Å². The summed E-state index contributed by atoms with van der Waals surface area (Å²) in [7, 11) is 0. The van der Waals surface area contributed by atoms with Crippen LogP contribution in [0.4, 0.5) is 0 Å². The van der Waals surface area contributed by atoms with E-state index >= 15 is 0 Å². The van der Waals surface area contributed by atoms with Crippen molar-refractivity contribution in [1.82, 2.24) is 9.47 Å². The van der Waals surface area contributed by atoms with Crippen molar-refractivity contribution in [2.75, 3.05) is 13.1 Å². The van der Waals surface area contributed by atoms with Crippen LogP contribution in [-0.2, 0) is 17.8 Å². The van der Waals surface area contributed by atoms with Gasteiger partial charge in [0, 0.05) is 71.2 Å². The zero-order valence-electron chi connectivity index (χ0n) is 22.6. The summed E-state index contributed by atoms with van der Waals surface area (Å²) in [5.41, 5.74) is 6.09. The molecule has 7 heteroatoms. The molecule has 0 unspecified atom stereocenters. The first kappa shape index (κ1) is 24.6. The molecule has 2 aromatic carbocycles. The summed E-state index contributed by atoms with van der Waals surface area (Å²) in [5.74, 6) is 0.465. The zero-order valence-corrected chi connectivity index (χ0v) is 22.6. The molecule has 7 rings (SSSR count). The Labute approximate surface area is 230 Å². The summed E-state index contributed by atoms with van der Waals surface area (Å²) in [6.07, 6.45) is 3.30. The van der Waals surface area contributed by atoms with Crippen molar-refractivity contribution in [3.63, 3.8) is 0 Å². The molecular weight excluding hydrogens is 504 g/mol. The lowest BCUT2D eigenvalue weighted by Crippen LogP contribution is -2.49. The molecule has 1 fully saturated rings. The molecule has 5 heterocycles. The number of piperidine rings is 1. The topological polar surface area (TPSA) is 85.7 Å². The molecule has 2 bridgehead atoms. The Morgan fingerprint density at radius 3 is 2.58 bits per heavy atom. The number of nitrogens with zero attached hydrogens (tertiary/aromatic N) is 2. The molecule has 0 saturated carbocycles. The highest BCUT2D eigenvalue weighted by Crippen LogP contribution is 2.38. The van der Waals surface area contributed by atoms with Crippen LogP contribution in [0.25, 0.3) is 33.1 Å². The van der Waals surface area contributed by atoms with Crippen LogP contribution in [0.3, 0.4) is 0 Å². The summed E-state index contributed by atoms with van der Waals surface area (Å²) < 4.78 is 13.6. The Morgan fingerprint density at radius 1 is 0.925 bits per heavy atom. The summed E-state index contributed by atoms with van der Waals surface area (Å²) in [4.78, 5) is 40.8. The molecule has 2 atom stereocenters. The van der Waals surface area contributed by atoms with Crippen LogP contribution in [0.1, 0.15) is 41.1 Å². The number of rotatable bonds is 4. The van der Waals surface area contributed by atoms with Crippen molar-refractivity contribution in [3.8, 4) is 11.1 Å². The minimum Gasteiger partial charge on any atom is -0.463 e. The normalized spacial score (nSPS) is 18.3. The number of likely N-dealkylation sites (tertiary alicyclic amines) is 1. The fraction of sp³-hybridized carbons (Fsp3) is 0.303. The van der Waals surface area contributed by atoms with Crippen LogP contribution in [0, 0.1) is 19.8 Å². The minimum absolute atomic E-state index is 0.0318. The number of aromatic nitrogens is 1. The lowest BCUT2D eigenvalue weighted by atomic mass is 9.83. The lowest BCUT2D eigenvalue weighted by Gasteiger charge is -2.42. The fourth-order valence-electron chi connectivity index (χ4n) is 6.82. The second-order valence-corrected chi connectivity index (χ2v) is 11.3. The standard InChI is InChI=1S/C33H30N2O5/c1-19-24(11-12-29(36)34-15-21-13-23(17-34)28-9-6-10-30(37)35(28)16-21)33(38)40-32-20(2)31-26(14-25(19)32)27(18-39-31)22-7-4-3-5-8-22/h3-10,14,18,21,23H,11-13,15-17H2,1-2H3/t21-,23+/m0/s1. The first-order chi connectivity index (χ1) is 19.4. The highest BCUT2D eigenvalue weighted by Gasteiger charge is 2.36. The Bertz CT molecular complexity index is 1910. The van der Waals surface area contributed by atoms with E-state index in [1.54, 1.807) is 18.4 Å². The van der Waals surface area contributed by atoms with Gasteiger partial charge in [-0.25, -0.2) is 4.79 Å². The number of carbonyl (C=O) groups excluding carboxylic acids is 1. The van der Waals surface area contributed by atoms with E-state index in [4.69, 9.17) is 8.83 Å². The van der Waals surface area contributed by atoms with E-state index in [0.717, 1.165) is 45.1 Å². The van der Waals surface area contributed by atoms with Crippen LogP contribution in [0.15, 0.2) is 79.3 Å². The number of carbonyl (C=O) groups is 1. The molecule has 2 aliphatic rings. The van der Waals surface area contributed by atoms with Gasteiger partial charge < -0.3 is 18.3 Å². The maximum Gasteiger partial charge on any atom is 0.339 e. The molecule has 1 amide bonds. The van der Waals surface area contributed by atoms with Gasteiger partial charge in [0.05, 0.1) is 6.26 Å². The summed E-state index contributed by atoms with van der Waals surface area (Å²) in [6, 6.07) is 17.5.